The number of carboxylic acid groups (broad SMARTS) is 1. The number of nitrogens with zero attached hydrogens (tertiary/aromatic N) is 1. The maximum absolute atomic E-state index is 13.3. The third-order valence-electron chi connectivity index (χ3n) is 2.37. The van der Waals surface area contributed by atoms with Gasteiger partial charge in [0.2, 0.25) is 5.01 Å². The van der Waals surface area contributed by atoms with Crippen molar-refractivity contribution in [2.24, 2.45) is 0 Å². The Kier molecular flexibility index (Phi) is 4.18. The lowest BCUT2D eigenvalue weighted by Crippen LogP contribution is -2.14. The van der Waals surface area contributed by atoms with E-state index in [1.165, 1.54) is 12.1 Å². The van der Waals surface area contributed by atoms with Gasteiger partial charge in [-0.25, -0.2) is 18.6 Å². The molecule has 1 aromatic heterocycles. The standard InChI is InChI=1S/C12H10F2N2O2S/c13-8-2-1-7(10(14)3-8)4-15-5-9-6-19-11(16-9)12(17)18/h1-3,6,15H,4-5H2,(H,17,18). The Hall–Kier alpha value is -1.86. The molecule has 0 spiro atoms. The minimum absolute atomic E-state index is 0.0183. The Balaban J connectivity index is 1.90. The molecule has 100 valence electrons. The number of carboxylic acids is 1. The average Bonchev–Trinajstić information content (AvgIpc) is 2.81. The molecule has 1 aromatic carbocycles. The Bertz CT molecular complexity index is 601. The number of aromatic nitrogens is 1. The van der Waals surface area contributed by atoms with Crippen LogP contribution in [-0.2, 0) is 13.1 Å². The molecule has 0 fully saturated rings. The van der Waals surface area contributed by atoms with Crippen LogP contribution in [0.2, 0.25) is 0 Å². The number of thiazole rings is 1. The Morgan fingerprint density at radius 3 is 2.79 bits per heavy atom. The van der Waals surface area contributed by atoms with Gasteiger partial charge in [-0.3, -0.25) is 0 Å². The van der Waals surface area contributed by atoms with Crippen molar-refractivity contribution < 1.29 is 18.7 Å². The molecule has 0 radical (unpaired) electrons. The van der Waals surface area contributed by atoms with Gasteiger partial charge in [0, 0.05) is 30.1 Å². The van der Waals surface area contributed by atoms with E-state index in [4.69, 9.17) is 5.11 Å². The largest absolute Gasteiger partial charge is 0.476 e. The molecule has 0 aliphatic heterocycles. The molecule has 0 saturated heterocycles. The van der Waals surface area contributed by atoms with Gasteiger partial charge < -0.3 is 10.4 Å². The maximum atomic E-state index is 13.3. The van der Waals surface area contributed by atoms with Crippen LogP contribution in [0.3, 0.4) is 0 Å². The van der Waals surface area contributed by atoms with Crippen LogP contribution in [0.1, 0.15) is 21.1 Å². The lowest BCUT2D eigenvalue weighted by Gasteiger charge is -2.04. The van der Waals surface area contributed by atoms with E-state index in [1.807, 2.05) is 0 Å². The molecule has 0 bridgehead atoms. The Morgan fingerprint density at radius 2 is 2.16 bits per heavy atom. The number of halogens is 2. The zero-order chi connectivity index (χ0) is 13.8. The summed E-state index contributed by atoms with van der Waals surface area (Å²) < 4.78 is 26.0. The first-order chi connectivity index (χ1) is 9.06. The van der Waals surface area contributed by atoms with Gasteiger partial charge in [0.25, 0.3) is 0 Å². The summed E-state index contributed by atoms with van der Waals surface area (Å²) in [6.07, 6.45) is 0. The van der Waals surface area contributed by atoms with Crippen molar-refractivity contribution in [3.63, 3.8) is 0 Å². The van der Waals surface area contributed by atoms with E-state index in [0.717, 1.165) is 17.4 Å². The number of aromatic carboxylic acids is 1. The fourth-order valence-electron chi connectivity index (χ4n) is 1.48. The normalized spacial score (nSPS) is 10.6. The molecule has 7 heteroatoms. The molecule has 0 amide bonds. The minimum atomic E-state index is -1.07. The topological polar surface area (TPSA) is 62.2 Å². The molecular weight excluding hydrogens is 274 g/mol. The number of nitrogens with one attached hydrogen (secondary N) is 1. The summed E-state index contributed by atoms with van der Waals surface area (Å²) in [6.45, 7) is 0.534. The number of benzene rings is 1. The first-order valence-electron chi connectivity index (χ1n) is 5.38. The molecule has 2 aromatic rings. The predicted octanol–water partition coefficient (Wildman–Crippen LogP) is 2.41. The third-order valence-corrected chi connectivity index (χ3v) is 3.25. The second-order valence-corrected chi connectivity index (χ2v) is 4.65. The van der Waals surface area contributed by atoms with Crippen molar-refractivity contribution in [2.75, 3.05) is 0 Å². The smallest absolute Gasteiger partial charge is 0.365 e. The lowest BCUT2D eigenvalue weighted by molar-refractivity contribution is 0.0696. The zero-order valence-electron chi connectivity index (χ0n) is 9.69. The summed E-state index contributed by atoms with van der Waals surface area (Å²) >= 11 is 1.03. The first-order valence-corrected chi connectivity index (χ1v) is 6.26. The van der Waals surface area contributed by atoms with Crippen molar-refractivity contribution in [3.05, 3.63) is 51.5 Å². The third kappa shape index (κ3) is 3.55. The lowest BCUT2D eigenvalue weighted by atomic mass is 10.2. The number of hydrogen-bond donors (Lipinski definition) is 2. The van der Waals surface area contributed by atoms with Gasteiger partial charge in [0.05, 0.1) is 5.69 Å². The van der Waals surface area contributed by atoms with Crippen LogP contribution in [0, 0.1) is 11.6 Å². The molecule has 4 nitrogen and oxygen atoms in total. The summed E-state index contributed by atoms with van der Waals surface area (Å²) in [5.41, 5.74) is 0.917. The van der Waals surface area contributed by atoms with Crippen molar-refractivity contribution in [1.82, 2.24) is 10.3 Å². The van der Waals surface area contributed by atoms with Crippen LogP contribution in [0.5, 0.6) is 0 Å². The highest BCUT2D eigenvalue weighted by Crippen LogP contribution is 2.11. The van der Waals surface area contributed by atoms with Gasteiger partial charge in [-0.2, -0.15) is 0 Å². The monoisotopic (exact) mass is 284 g/mol. The molecule has 19 heavy (non-hydrogen) atoms. The molecule has 2 rings (SSSR count). The van der Waals surface area contributed by atoms with Crippen LogP contribution in [0.4, 0.5) is 8.78 Å². The zero-order valence-corrected chi connectivity index (χ0v) is 10.5. The van der Waals surface area contributed by atoms with Crippen molar-refractivity contribution >= 4 is 17.3 Å². The van der Waals surface area contributed by atoms with Gasteiger partial charge in [-0.1, -0.05) is 6.07 Å². The van der Waals surface area contributed by atoms with Gasteiger partial charge in [0.1, 0.15) is 11.6 Å². The van der Waals surface area contributed by atoms with Gasteiger partial charge in [-0.05, 0) is 6.07 Å². The van der Waals surface area contributed by atoms with E-state index in [2.05, 4.69) is 10.3 Å². The minimum Gasteiger partial charge on any atom is -0.476 e. The van der Waals surface area contributed by atoms with Crippen LogP contribution >= 0.6 is 11.3 Å². The molecule has 2 N–H and O–H groups in total. The first kappa shape index (κ1) is 13.6. The number of carbonyl (C=O) groups is 1. The highest BCUT2D eigenvalue weighted by molar-refractivity contribution is 7.11. The summed E-state index contributed by atoms with van der Waals surface area (Å²) in [6, 6.07) is 3.37. The molecule has 0 unspecified atom stereocenters. The second kappa shape index (κ2) is 5.85. The van der Waals surface area contributed by atoms with Gasteiger partial charge >= 0.3 is 5.97 Å². The summed E-state index contributed by atoms with van der Waals surface area (Å²) in [7, 11) is 0. The fourth-order valence-corrected chi connectivity index (χ4v) is 2.13. The quantitative estimate of drug-likeness (QED) is 0.885. The number of hydrogen-bond acceptors (Lipinski definition) is 4. The van der Waals surface area contributed by atoms with Crippen molar-refractivity contribution in [3.8, 4) is 0 Å². The second-order valence-electron chi connectivity index (χ2n) is 3.79. The molecule has 0 saturated carbocycles. The summed E-state index contributed by atoms with van der Waals surface area (Å²) in [5, 5.41) is 13.3. The molecule has 1 heterocycles. The Labute approximate surface area is 111 Å². The van der Waals surface area contributed by atoms with Crippen LogP contribution in [0.25, 0.3) is 0 Å². The summed E-state index contributed by atoms with van der Waals surface area (Å²) in [4.78, 5) is 14.5. The van der Waals surface area contributed by atoms with Gasteiger partial charge in [0.15, 0.2) is 0 Å². The SMILES string of the molecule is O=C(O)c1nc(CNCc2ccc(F)cc2F)cs1. The van der Waals surface area contributed by atoms with Gasteiger partial charge in [-0.15, -0.1) is 11.3 Å². The average molecular weight is 284 g/mol. The highest BCUT2D eigenvalue weighted by Gasteiger charge is 2.09. The summed E-state index contributed by atoms with van der Waals surface area (Å²) in [5.74, 6) is -2.30. The van der Waals surface area contributed by atoms with Crippen LogP contribution < -0.4 is 5.32 Å². The molecule has 0 aliphatic carbocycles. The van der Waals surface area contributed by atoms with Crippen molar-refractivity contribution in [1.29, 1.82) is 0 Å². The van der Waals surface area contributed by atoms with E-state index in [-0.39, 0.29) is 11.6 Å². The molecule has 0 aliphatic rings. The number of rotatable bonds is 5. The maximum Gasteiger partial charge on any atom is 0.365 e. The highest BCUT2D eigenvalue weighted by atomic mass is 32.1. The van der Waals surface area contributed by atoms with E-state index in [9.17, 15) is 13.6 Å². The van der Waals surface area contributed by atoms with Crippen LogP contribution in [-0.4, -0.2) is 16.1 Å². The van der Waals surface area contributed by atoms with Crippen molar-refractivity contribution in [2.45, 2.75) is 13.1 Å². The molecule has 0 atom stereocenters. The Morgan fingerprint density at radius 1 is 1.37 bits per heavy atom. The van der Waals surface area contributed by atoms with Crippen LogP contribution in [0.15, 0.2) is 23.6 Å². The predicted molar refractivity (Wildman–Crippen MR) is 66.0 cm³/mol. The van der Waals surface area contributed by atoms with E-state index < -0.39 is 17.6 Å². The van der Waals surface area contributed by atoms with E-state index >= 15 is 0 Å². The fraction of sp³-hybridized carbons (Fsp3) is 0.167. The van der Waals surface area contributed by atoms with E-state index in [1.54, 1.807) is 5.38 Å². The van der Waals surface area contributed by atoms with E-state index in [0.29, 0.717) is 17.8 Å². The molecular formula is C12H10F2N2O2S.